The van der Waals surface area contributed by atoms with E-state index in [1.54, 1.807) is 0 Å². The van der Waals surface area contributed by atoms with E-state index >= 15 is 0 Å². The summed E-state index contributed by atoms with van der Waals surface area (Å²) in [5.74, 6) is -0.0829. The maximum absolute atomic E-state index is 12.7. The van der Waals surface area contributed by atoms with Crippen LogP contribution in [0.3, 0.4) is 0 Å². The molecule has 1 atom stereocenters. The van der Waals surface area contributed by atoms with Gasteiger partial charge in [-0.05, 0) is 36.8 Å². The highest BCUT2D eigenvalue weighted by atomic mass is 16.5. The summed E-state index contributed by atoms with van der Waals surface area (Å²) in [7, 11) is 0. The molecule has 0 radical (unpaired) electrons. The molecule has 3 rings (SSSR count). The Morgan fingerprint density at radius 1 is 1.15 bits per heavy atom. The molecule has 0 aliphatic heterocycles. The fraction of sp³-hybridized carbons (Fsp3) is 0.455. The number of ether oxygens (including phenoxy) is 1. The first-order valence-electron chi connectivity index (χ1n) is 9.58. The number of Topliss-reactive ketones (excluding diaryl/α,β-unsaturated/α-hetero) is 1. The number of aromatic amines is 1. The third kappa shape index (κ3) is 3.90. The molecule has 1 unspecified atom stereocenters. The van der Waals surface area contributed by atoms with Crippen LogP contribution in [0.2, 0.25) is 0 Å². The second kappa shape index (κ2) is 8.35. The van der Waals surface area contributed by atoms with E-state index in [0.717, 1.165) is 43.4 Å². The number of fused-ring (bicyclic) bond motifs is 1. The lowest BCUT2D eigenvalue weighted by Crippen LogP contribution is -2.18. The molecule has 1 aromatic carbocycles. The summed E-state index contributed by atoms with van der Waals surface area (Å²) >= 11 is 0. The van der Waals surface area contributed by atoms with Gasteiger partial charge in [-0.25, -0.2) is 4.79 Å². The summed E-state index contributed by atoms with van der Waals surface area (Å²) in [5, 5.41) is 0. The smallest absolute Gasteiger partial charge is 0.355 e. The molecule has 138 valence electrons. The first-order chi connectivity index (χ1) is 12.6. The largest absolute Gasteiger partial charge is 0.461 e. The van der Waals surface area contributed by atoms with Crippen molar-refractivity contribution in [1.82, 2.24) is 4.98 Å². The van der Waals surface area contributed by atoms with Crippen molar-refractivity contribution in [1.29, 1.82) is 0 Å². The topological polar surface area (TPSA) is 59.2 Å². The maximum atomic E-state index is 12.7. The summed E-state index contributed by atoms with van der Waals surface area (Å²) < 4.78 is 5.40. The Kier molecular flexibility index (Phi) is 5.92. The van der Waals surface area contributed by atoms with Crippen LogP contribution >= 0.6 is 0 Å². The van der Waals surface area contributed by atoms with Gasteiger partial charge in [0.15, 0.2) is 5.78 Å². The van der Waals surface area contributed by atoms with Crippen molar-refractivity contribution >= 4 is 11.8 Å². The van der Waals surface area contributed by atoms with Crippen LogP contribution in [-0.2, 0) is 11.2 Å². The van der Waals surface area contributed by atoms with Crippen molar-refractivity contribution in [2.24, 2.45) is 0 Å². The van der Waals surface area contributed by atoms with Gasteiger partial charge in [-0.15, -0.1) is 0 Å². The van der Waals surface area contributed by atoms with Gasteiger partial charge >= 0.3 is 5.97 Å². The zero-order valence-electron chi connectivity index (χ0n) is 15.6. The van der Waals surface area contributed by atoms with Gasteiger partial charge in [0.05, 0.1) is 6.61 Å². The van der Waals surface area contributed by atoms with Gasteiger partial charge in [0, 0.05) is 17.7 Å². The summed E-state index contributed by atoms with van der Waals surface area (Å²) in [6.07, 6.45) is 5.50. The Hall–Kier alpha value is -2.36. The molecule has 0 saturated carbocycles. The number of esters is 1. The first-order valence-corrected chi connectivity index (χ1v) is 9.58. The van der Waals surface area contributed by atoms with E-state index in [9.17, 15) is 9.59 Å². The summed E-state index contributed by atoms with van der Waals surface area (Å²) in [6, 6.07) is 10.1. The van der Waals surface area contributed by atoms with Gasteiger partial charge in [-0.3, -0.25) is 4.79 Å². The lowest BCUT2D eigenvalue weighted by molar-refractivity contribution is 0.0490. The predicted molar refractivity (Wildman–Crippen MR) is 102 cm³/mol. The van der Waals surface area contributed by atoms with Gasteiger partial charge in [0.2, 0.25) is 0 Å². The molecular formula is C22H27NO3. The summed E-state index contributed by atoms with van der Waals surface area (Å²) in [5.41, 5.74) is 3.89. The van der Waals surface area contributed by atoms with Gasteiger partial charge < -0.3 is 9.72 Å². The highest BCUT2D eigenvalue weighted by molar-refractivity contribution is 6.03. The molecule has 0 amide bonds. The van der Waals surface area contributed by atoms with E-state index in [1.807, 2.05) is 25.1 Å². The van der Waals surface area contributed by atoms with Crippen molar-refractivity contribution in [3.63, 3.8) is 0 Å². The molecule has 1 aliphatic carbocycles. The minimum Gasteiger partial charge on any atom is -0.461 e. The molecule has 0 fully saturated rings. The van der Waals surface area contributed by atoms with Crippen LogP contribution in [0.25, 0.3) is 0 Å². The number of nitrogens with one attached hydrogen (secondary N) is 1. The number of aromatic nitrogens is 1. The zero-order chi connectivity index (χ0) is 18.5. The standard InChI is InChI=1S/C22H27NO3/c1-3-4-5-9-12-26-22(25)21-15(2)20-18(23-21)13-17(14-19(20)24)16-10-7-6-8-11-16/h6-8,10-11,17,23H,3-5,9,12-14H2,1-2H3. The second-order valence-electron chi connectivity index (χ2n) is 7.11. The molecule has 1 aromatic heterocycles. The third-order valence-corrected chi connectivity index (χ3v) is 5.19. The molecule has 26 heavy (non-hydrogen) atoms. The molecule has 0 bridgehead atoms. The number of H-pyrrole nitrogens is 1. The van der Waals surface area contributed by atoms with Crippen molar-refractivity contribution in [3.8, 4) is 0 Å². The molecule has 1 N–H and O–H groups in total. The monoisotopic (exact) mass is 353 g/mol. The van der Waals surface area contributed by atoms with Crippen molar-refractivity contribution in [2.45, 2.75) is 58.3 Å². The number of unbranched alkanes of at least 4 members (excludes halogenated alkanes) is 3. The van der Waals surface area contributed by atoms with Gasteiger partial charge in [0.1, 0.15) is 5.69 Å². The Morgan fingerprint density at radius 2 is 1.92 bits per heavy atom. The van der Waals surface area contributed by atoms with E-state index in [2.05, 4.69) is 24.0 Å². The van der Waals surface area contributed by atoms with E-state index in [1.165, 1.54) is 5.56 Å². The van der Waals surface area contributed by atoms with Crippen LogP contribution < -0.4 is 0 Å². The van der Waals surface area contributed by atoms with Crippen molar-refractivity contribution in [3.05, 3.63) is 58.4 Å². The summed E-state index contributed by atoms with van der Waals surface area (Å²) in [6.45, 7) is 4.42. The lowest BCUT2D eigenvalue weighted by Gasteiger charge is -2.22. The maximum Gasteiger partial charge on any atom is 0.355 e. The fourth-order valence-electron chi connectivity index (χ4n) is 3.76. The Labute approximate surface area is 155 Å². The van der Waals surface area contributed by atoms with Crippen molar-refractivity contribution < 1.29 is 14.3 Å². The van der Waals surface area contributed by atoms with Crippen LogP contribution in [-0.4, -0.2) is 23.3 Å². The quantitative estimate of drug-likeness (QED) is 0.564. The third-order valence-electron chi connectivity index (χ3n) is 5.19. The molecule has 0 saturated heterocycles. The second-order valence-corrected chi connectivity index (χ2v) is 7.11. The zero-order valence-corrected chi connectivity index (χ0v) is 15.6. The fourth-order valence-corrected chi connectivity index (χ4v) is 3.76. The SMILES string of the molecule is CCCCCCOC(=O)c1[nH]c2c(c1C)C(=O)CC(c1ccccc1)C2. The van der Waals surface area contributed by atoms with E-state index in [4.69, 9.17) is 4.74 Å². The van der Waals surface area contributed by atoms with Crippen LogP contribution in [0, 0.1) is 6.92 Å². The van der Waals surface area contributed by atoms with E-state index in [-0.39, 0.29) is 17.7 Å². The molecule has 4 nitrogen and oxygen atoms in total. The average Bonchev–Trinajstić information content (AvgIpc) is 2.99. The van der Waals surface area contributed by atoms with Gasteiger partial charge in [-0.1, -0.05) is 56.5 Å². The summed E-state index contributed by atoms with van der Waals surface area (Å²) in [4.78, 5) is 28.3. The number of rotatable bonds is 7. The number of ketones is 1. The Bertz CT molecular complexity index is 776. The van der Waals surface area contributed by atoms with Crippen LogP contribution in [0.5, 0.6) is 0 Å². The highest BCUT2D eigenvalue weighted by Gasteiger charge is 2.32. The van der Waals surface area contributed by atoms with Crippen LogP contribution in [0.15, 0.2) is 30.3 Å². The minimum absolute atomic E-state index is 0.107. The Balaban J connectivity index is 1.72. The molecular weight excluding hydrogens is 326 g/mol. The Morgan fingerprint density at radius 3 is 2.65 bits per heavy atom. The molecule has 0 spiro atoms. The molecule has 4 heteroatoms. The number of carbonyl (C=O) groups is 2. The molecule has 1 aliphatic rings. The molecule has 1 heterocycles. The first kappa shape index (κ1) is 18.4. The lowest BCUT2D eigenvalue weighted by atomic mass is 9.81. The number of hydrogen-bond acceptors (Lipinski definition) is 3. The number of hydrogen-bond donors (Lipinski definition) is 1. The van der Waals surface area contributed by atoms with Crippen molar-refractivity contribution in [2.75, 3.05) is 6.61 Å². The average molecular weight is 353 g/mol. The molecule has 2 aromatic rings. The van der Waals surface area contributed by atoms with Gasteiger partial charge in [-0.2, -0.15) is 0 Å². The predicted octanol–water partition coefficient (Wildman–Crippen LogP) is 4.97. The van der Waals surface area contributed by atoms with E-state index in [0.29, 0.717) is 24.3 Å². The normalized spacial score (nSPS) is 16.4. The van der Waals surface area contributed by atoms with Crippen LogP contribution in [0.4, 0.5) is 0 Å². The van der Waals surface area contributed by atoms with Crippen LogP contribution in [0.1, 0.15) is 82.6 Å². The highest BCUT2D eigenvalue weighted by Crippen LogP contribution is 2.35. The number of benzene rings is 1. The number of carbonyl (C=O) groups excluding carboxylic acids is 2. The van der Waals surface area contributed by atoms with E-state index < -0.39 is 0 Å². The minimum atomic E-state index is -0.350. The van der Waals surface area contributed by atoms with Gasteiger partial charge in [0.25, 0.3) is 0 Å².